The fraction of sp³-hybridized carbons (Fsp3) is 0.176. The molecule has 0 saturated carbocycles. The van der Waals surface area contributed by atoms with Gasteiger partial charge in [0.1, 0.15) is 17.5 Å². The van der Waals surface area contributed by atoms with Crippen molar-refractivity contribution in [1.29, 1.82) is 0 Å². The molecule has 24 nitrogen and oxygen atoms in total. The Labute approximate surface area is 732 Å². The van der Waals surface area contributed by atoms with Crippen molar-refractivity contribution in [2.75, 3.05) is 93.8 Å². The lowest BCUT2D eigenvalue weighted by molar-refractivity contribution is -0.112. The van der Waals surface area contributed by atoms with Gasteiger partial charge in [0.25, 0.3) is 17.7 Å². The van der Waals surface area contributed by atoms with Gasteiger partial charge in [-0.25, -0.2) is 29.9 Å². The minimum atomic E-state index is -0.237. The van der Waals surface area contributed by atoms with Crippen LogP contribution in [0.15, 0.2) is 274 Å². The van der Waals surface area contributed by atoms with Crippen molar-refractivity contribution in [3.05, 3.63) is 358 Å². The van der Waals surface area contributed by atoms with Gasteiger partial charge in [-0.15, -0.1) is 0 Å². The first-order valence-corrected chi connectivity index (χ1v) is 41.4. The zero-order chi connectivity index (χ0) is 88.9. The summed E-state index contributed by atoms with van der Waals surface area (Å²) in [5.74, 6) is 0.758. The van der Waals surface area contributed by atoms with Crippen LogP contribution in [-0.4, -0.2) is 157 Å². The SMILES string of the molecule is Cc1ccc2[nH]cc(-c3nc(Cc4cccc(NC(=O)c5ccc(NC(=O)/C=C/CN(C)C)cc5)c4)ncc3C)c2c1.Cc1cnc(Cc2cccc(NC(=O)c3ccc(NC(=O)/C=C/CN(C)C)cc3)c2)nc1-c1c(C)[nH]c2ccccc12.Cc1cnc(Cc2cccc(NC(=O)c3ccc(NC(=O)/C=C/CN(C)C)cc3)c2)nc1-c1c[nH]c2c(C)cccc12. The Morgan fingerprint density at radius 2 is 0.730 bits per heavy atom. The van der Waals surface area contributed by atoms with Crippen LogP contribution in [0.3, 0.4) is 0 Å². The van der Waals surface area contributed by atoms with E-state index in [0.29, 0.717) is 107 Å². The van der Waals surface area contributed by atoms with Crippen LogP contribution in [0.2, 0.25) is 0 Å². The monoisotopic (exact) mass is 1670 g/mol. The van der Waals surface area contributed by atoms with E-state index in [-0.39, 0.29) is 35.4 Å². The zero-order valence-electron chi connectivity index (χ0n) is 72.7. The summed E-state index contributed by atoms with van der Waals surface area (Å²) < 4.78 is 0. The number of amides is 6. The highest BCUT2D eigenvalue weighted by atomic mass is 16.2. The fourth-order valence-electron chi connectivity index (χ4n) is 14.2. The number of nitrogens with one attached hydrogen (secondary N) is 9. The van der Waals surface area contributed by atoms with Gasteiger partial charge in [0.15, 0.2) is 0 Å². The van der Waals surface area contributed by atoms with Crippen LogP contribution < -0.4 is 31.9 Å². The number of aromatic nitrogens is 9. The standard InChI is InChI=1S/3C34H34N6O2/c1-22-8-5-11-28-29(21-36-32(22)28)33-23(2)20-35-30(39-33)19-24-9-6-10-27(18-24)38-34(42)25-13-15-26(16-14-25)37-31(41)12-7-17-40(3)4;1-22-10-15-30-28(17-22)29(21-35-30)33-23(2)20-36-31(39-33)19-24-7-5-8-27(18-24)38-34(42)25-11-13-26(14-12-25)37-32(41)9-6-16-40(3)4;1-22-21-35-30(39-33(22)32-23(2)36-29-12-6-5-11-28(29)32)20-24-9-7-10-27(19-24)38-34(42)25-14-16-26(17-15-25)37-31(41)13-8-18-40(3)4/h5-16,18,20-21,36H,17,19H2,1-4H3,(H,37,41)(H,38,42);5-15,17-18,20-21,35H,16,19H2,1-4H3,(H,37,41)(H,38,42);5-17,19,21,36H,18,20H2,1-4H3,(H,37,41)(H,38,42)/b12-7+;9-6+;13-8+. The van der Waals surface area contributed by atoms with E-state index in [1.165, 1.54) is 29.4 Å². The zero-order valence-corrected chi connectivity index (χ0v) is 72.7. The number of anilines is 6. The first-order chi connectivity index (χ1) is 60.8. The number of aromatic amines is 3. The molecule has 15 aromatic rings. The second-order valence-corrected chi connectivity index (χ2v) is 31.8. The van der Waals surface area contributed by atoms with Crippen molar-refractivity contribution >= 4 is 102 Å². The second-order valence-electron chi connectivity index (χ2n) is 31.8. The van der Waals surface area contributed by atoms with Crippen LogP contribution in [0.1, 0.15) is 98.7 Å². The Kier molecular flexibility index (Phi) is 29.2. The summed E-state index contributed by atoms with van der Waals surface area (Å²) in [6, 6.07) is 64.3. The average Bonchev–Trinajstić information content (AvgIpc) is 1.66. The van der Waals surface area contributed by atoms with Gasteiger partial charge in [-0.3, -0.25) is 28.8 Å². The lowest BCUT2D eigenvalue weighted by atomic mass is 10.0. The number of H-pyrrole nitrogens is 3. The molecule has 9 aromatic carbocycles. The molecule has 6 amide bonds. The van der Waals surface area contributed by atoms with Gasteiger partial charge in [0.05, 0.1) is 17.1 Å². The molecule has 0 aliphatic heterocycles. The highest BCUT2D eigenvalue weighted by molar-refractivity contribution is 6.08. The molecule has 15 rings (SSSR count). The molecule has 0 radical (unpaired) electrons. The number of carbonyl (C=O) groups is 6. The maximum Gasteiger partial charge on any atom is 0.255 e. The molecule has 0 aliphatic rings. The summed E-state index contributed by atoms with van der Waals surface area (Å²) in [5, 5.41) is 20.7. The molecule has 0 aliphatic carbocycles. The van der Waals surface area contributed by atoms with Crippen LogP contribution in [0.4, 0.5) is 34.1 Å². The number of fused-ring (bicyclic) bond motifs is 3. The van der Waals surface area contributed by atoms with E-state index < -0.39 is 0 Å². The Morgan fingerprint density at radius 1 is 0.349 bits per heavy atom. The third-order valence-corrected chi connectivity index (χ3v) is 20.6. The van der Waals surface area contributed by atoms with Gasteiger partial charge in [-0.1, -0.05) is 103 Å². The van der Waals surface area contributed by atoms with Crippen LogP contribution in [0.25, 0.3) is 66.5 Å². The molecule has 0 saturated heterocycles. The predicted molar refractivity (Wildman–Crippen MR) is 506 cm³/mol. The number of aryl methyl sites for hydroxylation is 6. The summed E-state index contributed by atoms with van der Waals surface area (Å²) in [4.78, 5) is 120. The van der Waals surface area contributed by atoms with E-state index in [4.69, 9.17) is 15.0 Å². The molecule has 0 atom stereocenters. The number of hydrogen-bond donors (Lipinski definition) is 9. The van der Waals surface area contributed by atoms with E-state index in [0.717, 1.165) is 106 Å². The highest BCUT2D eigenvalue weighted by Gasteiger charge is 2.20. The number of benzene rings is 9. The molecule has 6 aromatic heterocycles. The van der Waals surface area contributed by atoms with E-state index >= 15 is 0 Å². The Balaban J connectivity index is 0.000000162. The van der Waals surface area contributed by atoms with Crippen molar-refractivity contribution < 1.29 is 28.8 Å². The smallest absolute Gasteiger partial charge is 0.255 e. The van der Waals surface area contributed by atoms with Crippen LogP contribution in [-0.2, 0) is 33.6 Å². The molecule has 6 heterocycles. The van der Waals surface area contributed by atoms with E-state index in [2.05, 4.69) is 131 Å². The number of rotatable bonds is 27. The maximum absolute atomic E-state index is 12.9. The van der Waals surface area contributed by atoms with Gasteiger partial charge in [-0.05, 0) is 250 Å². The van der Waals surface area contributed by atoms with Crippen molar-refractivity contribution in [3.8, 4) is 33.8 Å². The van der Waals surface area contributed by atoms with Gasteiger partial charge >= 0.3 is 0 Å². The van der Waals surface area contributed by atoms with Crippen molar-refractivity contribution in [2.45, 2.75) is 60.8 Å². The average molecular weight is 1680 g/mol. The van der Waals surface area contributed by atoms with Gasteiger partial charge in [0, 0.05) is 194 Å². The number of hydrogen-bond acceptors (Lipinski definition) is 15. The number of para-hydroxylation sites is 2. The molecular formula is C102H102N18O6. The molecule has 0 bridgehead atoms. The Morgan fingerprint density at radius 3 is 1.16 bits per heavy atom. The van der Waals surface area contributed by atoms with Crippen LogP contribution in [0, 0.1) is 41.5 Å². The molecule has 24 heteroatoms. The molecular weight excluding hydrogens is 1570 g/mol. The second kappa shape index (κ2) is 41.6. The predicted octanol–water partition coefficient (Wildman–Crippen LogP) is 18.4. The number of likely N-dealkylation sites (N-methyl/N-ethyl adjacent to an activating group) is 3. The lowest BCUT2D eigenvalue weighted by Gasteiger charge is -2.10. The molecule has 126 heavy (non-hydrogen) atoms. The Hall–Kier alpha value is -15.2. The maximum atomic E-state index is 12.9. The van der Waals surface area contributed by atoms with E-state index in [1.54, 1.807) is 91.0 Å². The third-order valence-electron chi connectivity index (χ3n) is 20.6. The van der Waals surface area contributed by atoms with Crippen LogP contribution in [0.5, 0.6) is 0 Å². The van der Waals surface area contributed by atoms with Crippen molar-refractivity contribution in [2.24, 2.45) is 0 Å². The summed E-state index contributed by atoms with van der Waals surface area (Å²) in [5.41, 5.74) is 24.0. The lowest BCUT2D eigenvalue weighted by Crippen LogP contribution is -2.14. The topological polar surface area (TPSA) is 309 Å². The minimum Gasteiger partial charge on any atom is -0.360 e. The first kappa shape index (κ1) is 88.5. The third kappa shape index (κ3) is 23.9. The quantitative estimate of drug-likeness (QED) is 0.0216. The summed E-state index contributed by atoms with van der Waals surface area (Å²) in [6.45, 7) is 14.3. The number of carbonyl (C=O) groups excluding carboxylic acids is 6. The molecule has 0 spiro atoms. The van der Waals surface area contributed by atoms with Gasteiger partial charge in [0.2, 0.25) is 17.7 Å². The molecule has 9 N–H and O–H groups in total. The normalized spacial score (nSPS) is 11.4. The van der Waals surface area contributed by atoms with Gasteiger partial charge < -0.3 is 61.6 Å². The molecule has 636 valence electrons. The molecule has 0 fully saturated rings. The Bertz CT molecular complexity index is 6370. The minimum absolute atomic E-state index is 0.216. The van der Waals surface area contributed by atoms with E-state index in [1.807, 2.05) is 194 Å². The summed E-state index contributed by atoms with van der Waals surface area (Å²) in [6.07, 6.45) is 21.1. The van der Waals surface area contributed by atoms with Crippen LogP contribution >= 0.6 is 0 Å². The fourth-order valence-corrected chi connectivity index (χ4v) is 14.2. The number of nitrogens with zero attached hydrogens (tertiary/aromatic N) is 9. The largest absolute Gasteiger partial charge is 0.360 e. The van der Waals surface area contributed by atoms with Crippen molar-refractivity contribution in [3.63, 3.8) is 0 Å². The summed E-state index contributed by atoms with van der Waals surface area (Å²) in [7, 11) is 11.6. The van der Waals surface area contributed by atoms with Crippen molar-refractivity contribution in [1.82, 2.24) is 59.6 Å². The first-order valence-electron chi connectivity index (χ1n) is 41.4. The highest BCUT2D eigenvalue weighted by Crippen LogP contribution is 2.36. The molecule has 0 unspecified atom stereocenters. The van der Waals surface area contributed by atoms with E-state index in [9.17, 15) is 28.8 Å². The van der Waals surface area contributed by atoms with Gasteiger partial charge in [-0.2, -0.15) is 0 Å². The summed E-state index contributed by atoms with van der Waals surface area (Å²) >= 11 is 0.